The highest BCUT2D eigenvalue weighted by molar-refractivity contribution is 7.99. The average molecular weight is 562 g/mol. The fraction of sp³-hybridized carbons (Fsp3) is 0.467. The molecule has 1 aromatic carbocycles. The number of anilines is 1. The number of hydrogen-bond donors (Lipinski definition) is 2. The minimum atomic E-state index is -0.217. The van der Waals surface area contributed by atoms with Gasteiger partial charge in [-0.3, -0.25) is 9.72 Å². The smallest absolute Gasteiger partial charge is 0.320 e. The van der Waals surface area contributed by atoms with E-state index in [9.17, 15) is 4.79 Å². The van der Waals surface area contributed by atoms with Crippen LogP contribution in [0.4, 0.5) is 10.6 Å². The lowest BCUT2D eigenvalue weighted by Gasteiger charge is -2.29. The van der Waals surface area contributed by atoms with E-state index in [2.05, 4.69) is 61.7 Å². The van der Waals surface area contributed by atoms with Gasteiger partial charge in [-0.05, 0) is 77.0 Å². The molecule has 40 heavy (non-hydrogen) atoms. The third kappa shape index (κ3) is 6.11. The highest BCUT2D eigenvalue weighted by atomic mass is 32.2. The number of urea groups is 1. The van der Waals surface area contributed by atoms with E-state index in [1.807, 2.05) is 57.7 Å². The third-order valence-electron chi connectivity index (χ3n) is 7.59. The molecule has 4 aromatic rings. The van der Waals surface area contributed by atoms with Crippen molar-refractivity contribution in [3.05, 3.63) is 65.7 Å². The quantitative estimate of drug-likeness (QED) is 0.256. The summed E-state index contributed by atoms with van der Waals surface area (Å²) in [7, 11) is 0. The molecule has 5 rings (SSSR count). The molecule has 0 atom stereocenters. The topological polar surface area (TPSA) is 98.4 Å². The van der Waals surface area contributed by atoms with Gasteiger partial charge in [0.1, 0.15) is 17.4 Å². The molecule has 0 bridgehead atoms. The molecule has 0 unspecified atom stereocenters. The van der Waals surface area contributed by atoms with Gasteiger partial charge in [0.05, 0.1) is 28.4 Å². The molecular weight excluding hydrogens is 522 g/mol. The zero-order valence-electron chi connectivity index (χ0n) is 24.1. The normalized spacial score (nSPS) is 17.8. The van der Waals surface area contributed by atoms with Gasteiger partial charge in [-0.25, -0.2) is 9.48 Å². The van der Waals surface area contributed by atoms with E-state index in [1.54, 1.807) is 11.8 Å². The maximum atomic E-state index is 13.1. The van der Waals surface area contributed by atoms with Crippen molar-refractivity contribution in [1.82, 2.24) is 29.7 Å². The van der Waals surface area contributed by atoms with Crippen LogP contribution in [0.15, 0.2) is 48.7 Å². The molecule has 1 aliphatic carbocycles. The summed E-state index contributed by atoms with van der Waals surface area (Å²) in [5, 5.41) is 19.6. The van der Waals surface area contributed by atoms with Crippen LogP contribution in [0, 0.1) is 6.92 Å². The summed E-state index contributed by atoms with van der Waals surface area (Å²) in [4.78, 5) is 13.1. The number of amides is 2. The van der Waals surface area contributed by atoms with E-state index < -0.39 is 0 Å². The Morgan fingerprint density at radius 3 is 2.48 bits per heavy atom. The van der Waals surface area contributed by atoms with Crippen molar-refractivity contribution in [2.24, 2.45) is 0 Å². The Bertz CT molecular complexity index is 1470. The molecule has 10 heteroatoms. The summed E-state index contributed by atoms with van der Waals surface area (Å²) in [5.74, 6) is 2.67. The van der Waals surface area contributed by atoms with Gasteiger partial charge in [0.2, 0.25) is 0 Å². The van der Waals surface area contributed by atoms with Crippen LogP contribution in [0.5, 0.6) is 5.75 Å². The lowest BCUT2D eigenvalue weighted by atomic mass is 9.93. The Morgan fingerprint density at radius 1 is 1.07 bits per heavy atom. The summed E-state index contributed by atoms with van der Waals surface area (Å²) in [6, 6.07) is 13.9. The summed E-state index contributed by atoms with van der Waals surface area (Å²) >= 11 is 1.73. The number of aryl methyl sites for hydroxylation is 1. The third-order valence-corrected chi connectivity index (χ3v) is 8.82. The highest BCUT2D eigenvalue weighted by Crippen LogP contribution is 2.35. The van der Waals surface area contributed by atoms with Crippen molar-refractivity contribution in [3.63, 3.8) is 0 Å². The number of nitrogens with one attached hydrogen (secondary N) is 2. The molecule has 1 fully saturated rings. The molecular formula is C30H39N7O2S. The van der Waals surface area contributed by atoms with Crippen LogP contribution in [-0.2, 0) is 4.75 Å². The monoisotopic (exact) mass is 561 g/mol. The Morgan fingerprint density at radius 2 is 1.80 bits per heavy atom. The number of benzene rings is 1. The Hall–Kier alpha value is -3.53. The molecule has 0 spiro atoms. The predicted molar refractivity (Wildman–Crippen MR) is 161 cm³/mol. The van der Waals surface area contributed by atoms with Gasteiger partial charge in [0, 0.05) is 18.0 Å². The number of carbonyl (C=O) groups excluding carboxylic acids is 1. The van der Waals surface area contributed by atoms with Gasteiger partial charge in [0.25, 0.3) is 0 Å². The van der Waals surface area contributed by atoms with Crippen LogP contribution in [0.2, 0.25) is 0 Å². The molecule has 2 amide bonds. The van der Waals surface area contributed by atoms with Crippen molar-refractivity contribution < 1.29 is 9.53 Å². The van der Waals surface area contributed by atoms with Gasteiger partial charge >= 0.3 is 6.03 Å². The average Bonchev–Trinajstić information content (AvgIpc) is 3.55. The number of fused-ring (bicyclic) bond motifs is 1. The molecule has 212 valence electrons. The van der Waals surface area contributed by atoms with Crippen molar-refractivity contribution in [2.75, 3.05) is 11.6 Å². The lowest BCUT2D eigenvalue weighted by Crippen LogP contribution is -2.42. The predicted octanol–water partition coefficient (Wildman–Crippen LogP) is 6.46. The molecule has 0 saturated heterocycles. The first-order valence-electron chi connectivity index (χ1n) is 13.9. The fourth-order valence-corrected chi connectivity index (χ4v) is 5.27. The molecule has 3 aromatic heterocycles. The first-order valence-corrected chi connectivity index (χ1v) is 15.2. The number of thioether (sulfide) groups is 1. The highest BCUT2D eigenvalue weighted by Gasteiger charge is 2.27. The second kappa shape index (κ2) is 11.5. The fourth-order valence-electron chi connectivity index (χ4n) is 4.96. The Labute approximate surface area is 240 Å². The zero-order valence-corrected chi connectivity index (χ0v) is 25.0. The SMILES string of the molecule is CSC(C)(C)c1cc(NC(=O)N[C@H]2CC[C@H](Oc3ccc4nnc(C(C)C)n4c3)CC2)n(-c2ccc(C)cc2)n1. The number of rotatable bonds is 8. The minimum absolute atomic E-state index is 0.0885. The number of carbonyl (C=O) groups is 1. The first-order chi connectivity index (χ1) is 19.1. The second-order valence-electron chi connectivity index (χ2n) is 11.4. The van der Waals surface area contributed by atoms with E-state index in [1.165, 1.54) is 5.56 Å². The summed E-state index contributed by atoms with van der Waals surface area (Å²) < 4.78 is 9.95. The number of ether oxygens (including phenoxy) is 1. The van der Waals surface area contributed by atoms with Crippen LogP contribution >= 0.6 is 11.8 Å². The van der Waals surface area contributed by atoms with Gasteiger partial charge in [-0.2, -0.15) is 16.9 Å². The summed E-state index contributed by atoms with van der Waals surface area (Å²) in [5.41, 5.74) is 3.82. The van der Waals surface area contributed by atoms with E-state index in [4.69, 9.17) is 9.84 Å². The standard InChI is InChI=1S/C30H39N7O2S/c1-19(2)28-34-33-26-16-15-24(18-36(26)28)39-23-13-9-21(10-14-23)31-29(38)32-27-17-25(30(4,5)40-6)35-37(27)22-11-7-20(3)8-12-22/h7-8,11-12,15-19,21,23H,9-10,13-14H2,1-6H3,(H2,31,32,38)/t21-,23-. The number of hydrogen-bond acceptors (Lipinski definition) is 6. The van der Waals surface area contributed by atoms with Crippen LogP contribution in [0.25, 0.3) is 11.3 Å². The van der Waals surface area contributed by atoms with Gasteiger partial charge in [-0.15, -0.1) is 10.2 Å². The minimum Gasteiger partial charge on any atom is -0.489 e. The summed E-state index contributed by atoms with van der Waals surface area (Å²) in [6.45, 7) is 10.5. The van der Waals surface area contributed by atoms with Gasteiger partial charge in [-0.1, -0.05) is 31.5 Å². The molecule has 2 N–H and O–H groups in total. The molecule has 3 heterocycles. The maximum absolute atomic E-state index is 13.1. The van der Waals surface area contributed by atoms with Crippen LogP contribution in [0.3, 0.4) is 0 Å². The van der Waals surface area contributed by atoms with Crippen molar-refractivity contribution >= 4 is 29.3 Å². The van der Waals surface area contributed by atoms with Crippen molar-refractivity contribution in [2.45, 2.75) is 83.1 Å². The second-order valence-corrected chi connectivity index (χ2v) is 12.8. The number of nitrogens with zero attached hydrogens (tertiary/aromatic N) is 5. The van der Waals surface area contributed by atoms with Crippen molar-refractivity contribution in [3.8, 4) is 11.4 Å². The van der Waals surface area contributed by atoms with Crippen LogP contribution in [0.1, 0.15) is 76.4 Å². The van der Waals surface area contributed by atoms with Crippen LogP contribution in [-0.4, -0.2) is 48.8 Å². The van der Waals surface area contributed by atoms with E-state index >= 15 is 0 Å². The largest absolute Gasteiger partial charge is 0.489 e. The molecule has 1 saturated carbocycles. The van der Waals surface area contributed by atoms with Gasteiger partial charge < -0.3 is 10.1 Å². The van der Waals surface area contributed by atoms with E-state index in [0.29, 0.717) is 5.82 Å². The van der Waals surface area contributed by atoms with Crippen molar-refractivity contribution in [1.29, 1.82) is 0 Å². The number of pyridine rings is 1. The molecule has 0 aliphatic heterocycles. The van der Waals surface area contributed by atoms with E-state index in [-0.39, 0.29) is 28.8 Å². The Balaban J connectivity index is 1.20. The zero-order chi connectivity index (χ0) is 28.4. The summed E-state index contributed by atoms with van der Waals surface area (Å²) in [6.07, 6.45) is 7.60. The first kappa shape index (κ1) is 28.0. The van der Waals surface area contributed by atoms with E-state index in [0.717, 1.165) is 54.3 Å². The Kier molecular flexibility index (Phi) is 8.07. The molecule has 9 nitrogen and oxygen atoms in total. The maximum Gasteiger partial charge on any atom is 0.320 e. The number of aromatic nitrogens is 5. The lowest BCUT2D eigenvalue weighted by molar-refractivity contribution is 0.140. The van der Waals surface area contributed by atoms with Crippen LogP contribution < -0.4 is 15.4 Å². The van der Waals surface area contributed by atoms with Gasteiger partial charge in [0.15, 0.2) is 5.65 Å². The molecule has 0 radical (unpaired) electrons. The molecule has 1 aliphatic rings.